The number of ether oxygens (including phenoxy) is 2. The largest absolute Gasteiger partial charge is 0.466 e. The lowest BCUT2D eigenvalue weighted by atomic mass is 10.0. The van der Waals surface area contributed by atoms with Crippen molar-refractivity contribution in [3.63, 3.8) is 0 Å². The third-order valence-electron chi connectivity index (χ3n) is 5.71. The van der Waals surface area contributed by atoms with E-state index in [-0.39, 0.29) is 21.6 Å². The lowest BCUT2D eigenvalue weighted by molar-refractivity contribution is -0.144. The van der Waals surface area contributed by atoms with Crippen LogP contribution in [-0.4, -0.2) is 34.8 Å². The molecule has 0 N–H and O–H groups in total. The number of halogens is 2. The van der Waals surface area contributed by atoms with Gasteiger partial charge in [0.15, 0.2) is 0 Å². The number of rotatable bonds is 24. The lowest BCUT2D eigenvalue weighted by Crippen LogP contribution is -2.09. The summed E-state index contributed by atoms with van der Waals surface area (Å²) in [5.74, 6) is -0.182. The number of hydrogen-bond donors (Lipinski definition) is 0. The van der Waals surface area contributed by atoms with E-state index >= 15 is 0 Å². The minimum atomic E-state index is -0.0911. The van der Waals surface area contributed by atoms with E-state index < -0.39 is 0 Å². The molecule has 0 bridgehead atoms. The predicted molar refractivity (Wildman–Crippen MR) is 146 cm³/mol. The smallest absolute Gasteiger partial charge is 0.306 e. The molecular weight excluding hydrogens is 548 g/mol. The van der Waals surface area contributed by atoms with Crippen molar-refractivity contribution in [1.29, 1.82) is 0 Å². The maximum atomic E-state index is 11.4. The Morgan fingerprint density at radius 3 is 0.909 bits per heavy atom. The van der Waals surface area contributed by atoms with Gasteiger partial charge in [-0.15, -0.1) is 0 Å². The normalized spacial score (nSPS) is 13.0. The highest BCUT2D eigenvalue weighted by atomic mass is 79.9. The Morgan fingerprint density at radius 2 is 0.697 bits per heavy atom. The predicted octanol–water partition coefficient (Wildman–Crippen LogP) is 9.05. The summed E-state index contributed by atoms with van der Waals surface area (Å²) in [5.41, 5.74) is 0. The Kier molecular flexibility index (Phi) is 24.9. The molecule has 4 nitrogen and oxygen atoms in total. The summed E-state index contributed by atoms with van der Waals surface area (Å²) in [6, 6.07) is 0. The molecule has 0 saturated heterocycles. The van der Waals surface area contributed by atoms with Crippen molar-refractivity contribution in [1.82, 2.24) is 0 Å². The van der Waals surface area contributed by atoms with Crippen LogP contribution in [0.15, 0.2) is 0 Å². The molecule has 0 aliphatic carbocycles. The van der Waals surface area contributed by atoms with E-state index in [0.29, 0.717) is 26.1 Å². The zero-order chi connectivity index (χ0) is 24.6. The van der Waals surface area contributed by atoms with Crippen molar-refractivity contribution < 1.29 is 19.1 Å². The van der Waals surface area contributed by atoms with E-state index in [4.69, 9.17) is 9.47 Å². The average molecular weight is 599 g/mol. The van der Waals surface area contributed by atoms with Crippen molar-refractivity contribution in [2.45, 2.75) is 145 Å². The molecule has 0 rings (SSSR count). The van der Waals surface area contributed by atoms with E-state index in [0.717, 1.165) is 12.8 Å². The minimum Gasteiger partial charge on any atom is -0.466 e. The molecule has 196 valence electrons. The van der Waals surface area contributed by atoms with Gasteiger partial charge < -0.3 is 9.47 Å². The fourth-order valence-electron chi connectivity index (χ4n) is 3.80. The maximum absolute atomic E-state index is 11.4. The second-order valence-electron chi connectivity index (χ2n) is 9.42. The molecule has 0 fully saturated rings. The molecule has 6 heteroatoms. The van der Waals surface area contributed by atoms with Gasteiger partial charge >= 0.3 is 11.9 Å². The first-order valence-electron chi connectivity index (χ1n) is 13.5. The zero-order valence-electron chi connectivity index (χ0n) is 21.4. The summed E-state index contributed by atoms with van der Waals surface area (Å²) in [6.07, 6.45) is 22.7. The van der Waals surface area contributed by atoms with E-state index in [1.807, 2.05) is 13.8 Å². The highest BCUT2D eigenvalue weighted by molar-refractivity contribution is 9.09. The molecule has 0 heterocycles. The van der Waals surface area contributed by atoms with Gasteiger partial charge in [-0.2, -0.15) is 0 Å². The fraction of sp³-hybridized carbons (Fsp3) is 0.926. The van der Waals surface area contributed by atoms with Crippen LogP contribution in [0.1, 0.15) is 136 Å². The van der Waals surface area contributed by atoms with Crippen LogP contribution in [0, 0.1) is 0 Å². The van der Waals surface area contributed by atoms with Crippen molar-refractivity contribution >= 4 is 43.8 Å². The number of esters is 2. The second-order valence-corrected chi connectivity index (χ2v) is 12.5. The van der Waals surface area contributed by atoms with Crippen LogP contribution in [0.5, 0.6) is 0 Å². The van der Waals surface area contributed by atoms with Crippen molar-refractivity contribution in [3.8, 4) is 0 Å². The lowest BCUT2D eigenvalue weighted by Gasteiger charge is -2.06. The van der Waals surface area contributed by atoms with E-state index in [9.17, 15) is 9.59 Å². The molecule has 0 radical (unpaired) electrons. The summed E-state index contributed by atoms with van der Waals surface area (Å²) in [5, 5.41) is 0. The number of carbonyl (C=O) groups excluding carboxylic acids is 2. The molecule has 33 heavy (non-hydrogen) atoms. The van der Waals surface area contributed by atoms with Crippen LogP contribution < -0.4 is 0 Å². The van der Waals surface area contributed by atoms with E-state index in [2.05, 4.69) is 31.9 Å². The Hall–Kier alpha value is -0.100. The van der Waals surface area contributed by atoms with Gasteiger partial charge in [-0.3, -0.25) is 9.59 Å². The molecule has 0 aromatic rings. The molecule has 0 spiro atoms. The van der Waals surface area contributed by atoms with Crippen LogP contribution in [0.25, 0.3) is 0 Å². The first kappa shape index (κ1) is 32.9. The standard InChI is InChI=1S/C27H50Br2O4/c1-24(28)22-26(30)32-20-18-16-14-12-10-8-6-4-3-5-7-9-11-13-15-17-19-21-33-27(31)23-25(2)29/h24-25H,3-23H2,1-2H3. The molecule has 0 aromatic heterocycles. The van der Waals surface area contributed by atoms with Crippen LogP contribution >= 0.6 is 31.9 Å². The summed E-state index contributed by atoms with van der Waals surface area (Å²) >= 11 is 6.74. The number of unbranched alkanes of at least 4 members (excludes halogenated alkanes) is 16. The molecule has 0 amide bonds. The second kappa shape index (κ2) is 25.0. The Balaban J connectivity index is 3.13. The van der Waals surface area contributed by atoms with Gasteiger partial charge in [0.1, 0.15) is 0 Å². The Bertz CT molecular complexity index is 415. The minimum absolute atomic E-state index is 0.0911. The molecule has 0 saturated carbocycles. The first-order chi connectivity index (χ1) is 15.9. The van der Waals surface area contributed by atoms with Gasteiger partial charge in [0, 0.05) is 9.65 Å². The highest BCUT2D eigenvalue weighted by Gasteiger charge is 2.07. The number of carbonyl (C=O) groups is 2. The summed E-state index contributed by atoms with van der Waals surface area (Å²) in [7, 11) is 0. The average Bonchev–Trinajstić information content (AvgIpc) is 2.73. The molecule has 2 atom stereocenters. The van der Waals surface area contributed by atoms with Crippen LogP contribution in [-0.2, 0) is 19.1 Å². The first-order valence-corrected chi connectivity index (χ1v) is 15.3. The number of alkyl halides is 2. The van der Waals surface area contributed by atoms with Crippen LogP contribution in [0.3, 0.4) is 0 Å². The highest BCUT2D eigenvalue weighted by Crippen LogP contribution is 2.14. The van der Waals surface area contributed by atoms with Crippen LogP contribution in [0.4, 0.5) is 0 Å². The maximum Gasteiger partial charge on any atom is 0.306 e. The summed E-state index contributed by atoms with van der Waals surface area (Å²) < 4.78 is 10.4. The van der Waals surface area contributed by atoms with Gasteiger partial charge in [-0.05, 0) is 12.8 Å². The monoisotopic (exact) mass is 596 g/mol. The Morgan fingerprint density at radius 1 is 0.485 bits per heavy atom. The molecular formula is C27H50Br2O4. The van der Waals surface area contributed by atoms with Gasteiger partial charge in [0.2, 0.25) is 0 Å². The van der Waals surface area contributed by atoms with Crippen molar-refractivity contribution in [2.24, 2.45) is 0 Å². The van der Waals surface area contributed by atoms with Crippen molar-refractivity contribution in [2.75, 3.05) is 13.2 Å². The Labute approximate surface area is 221 Å². The third kappa shape index (κ3) is 28.0. The number of hydrogen-bond acceptors (Lipinski definition) is 4. The molecule has 0 aliphatic heterocycles. The third-order valence-corrected chi connectivity index (χ3v) is 6.36. The topological polar surface area (TPSA) is 52.6 Å². The summed E-state index contributed by atoms with van der Waals surface area (Å²) in [4.78, 5) is 23.2. The zero-order valence-corrected chi connectivity index (χ0v) is 24.6. The van der Waals surface area contributed by atoms with Gasteiger partial charge in [-0.1, -0.05) is 142 Å². The van der Waals surface area contributed by atoms with Gasteiger partial charge in [0.05, 0.1) is 26.1 Å². The molecule has 0 aromatic carbocycles. The summed E-state index contributed by atoms with van der Waals surface area (Å²) in [6.45, 7) is 5.08. The van der Waals surface area contributed by atoms with E-state index in [1.54, 1.807) is 0 Å². The van der Waals surface area contributed by atoms with Gasteiger partial charge in [0.25, 0.3) is 0 Å². The van der Waals surface area contributed by atoms with Gasteiger partial charge in [-0.25, -0.2) is 0 Å². The SMILES string of the molecule is CC(Br)CC(=O)OCCCCCCCCCCCCCCCCCCCOC(=O)CC(C)Br. The van der Waals surface area contributed by atoms with Crippen molar-refractivity contribution in [3.05, 3.63) is 0 Å². The molecule has 0 aliphatic rings. The van der Waals surface area contributed by atoms with E-state index in [1.165, 1.54) is 96.3 Å². The van der Waals surface area contributed by atoms with Crippen LogP contribution in [0.2, 0.25) is 0 Å². The molecule has 2 unspecified atom stereocenters. The quantitative estimate of drug-likeness (QED) is 0.0632. The fourth-order valence-corrected chi connectivity index (χ4v) is 4.33.